The molecular weight excluding hydrogens is 264 g/mol. The van der Waals surface area contributed by atoms with Crippen LogP contribution in [0.5, 0.6) is 0 Å². The normalized spacial score (nSPS) is 10.0. The fourth-order valence-corrected chi connectivity index (χ4v) is 1.98. The Morgan fingerprint density at radius 3 is 2.33 bits per heavy atom. The fraction of sp³-hybridized carbons (Fsp3) is 0.176. The molecule has 0 spiro atoms. The van der Waals surface area contributed by atoms with Crippen LogP contribution < -0.4 is 10.6 Å². The van der Waals surface area contributed by atoms with Gasteiger partial charge >= 0.3 is 0 Å². The van der Waals surface area contributed by atoms with Crippen LogP contribution in [-0.2, 0) is 9.59 Å². The predicted octanol–water partition coefficient (Wildman–Crippen LogP) is 2.74. The third kappa shape index (κ3) is 4.45. The highest BCUT2D eigenvalue weighted by Gasteiger charge is 2.03. The second kappa shape index (κ2) is 6.70. The smallest absolute Gasteiger partial charge is 0.243 e. The zero-order chi connectivity index (χ0) is 15.2. The van der Waals surface area contributed by atoms with Crippen molar-refractivity contribution in [3.05, 3.63) is 54.1 Å². The van der Waals surface area contributed by atoms with Gasteiger partial charge in [0, 0.05) is 12.6 Å². The minimum absolute atomic E-state index is 0.0189. The topological polar surface area (TPSA) is 58.2 Å². The molecule has 4 heteroatoms. The third-order valence-electron chi connectivity index (χ3n) is 3.02. The number of hydrogen-bond donors (Lipinski definition) is 2. The van der Waals surface area contributed by atoms with Crippen molar-refractivity contribution in [2.45, 2.75) is 13.8 Å². The second-order valence-electron chi connectivity index (χ2n) is 4.90. The average molecular weight is 282 g/mol. The van der Waals surface area contributed by atoms with Crippen molar-refractivity contribution in [1.82, 2.24) is 5.32 Å². The number of benzene rings is 2. The summed E-state index contributed by atoms with van der Waals surface area (Å²) in [5.41, 5.74) is 4.16. The van der Waals surface area contributed by atoms with E-state index in [1.807, 2.05) is 30.3 Å². The summed E-state index contributed by atoms with van der Waals surface area (Å²) in [5.74, 6) is -0.464. The summed E-state index contributed by atoms with van der Waals surface area (Å²) in [6.07, 6.45) is 0. The summed E-state index contributed by atoms with van der Waals surface area (Å²) in [4.78, 5) is 22.3. The monoisotopic (exact) mass is 282 g/mol. The van der Waals surface area contributed by atoms with Crippen molar-refractivity contribution in [1.29, 1.82) is 0 Å². The van der Waals surface area contributed by atoms with Gasteiger partial charge in [-0.2, -0.15) is 0 Å². The summed E-state index contributed by atoms with van der Waals surface area (Å²) < 4.78 is 0. The first kappa shape index (κ1) is 14.8. The second-order valence-corrected chi connectivity index (χ2v) is 4.90. The van der Waals surface area contributed by atoms with Gasteiger partial charge in [0.15, 0.2) is 0 Å². The van der Waals surface area contributed by atoms with Gasteiger partial charge in [0.1, 0.15) is 0 Å². The Balaban J connectivity index is 2.02. The van der Waals surface area contributed by atoms with Crippen molar-refractivity contribution < 1.29 is 9.59 Å². The van der Waals surface area contributed by atoms with E-state index in [1.54, 1.807) is 0 Å². The average Bonchev–Trinajstić information content (AvgIpc) is 2.46. The SMILES string of the molecule is CC(=O)NCC(=O)Nc1ccc(-c2cccc(C)c2)cc1. The van der Waals surface area contributed by atoms with Crippen LogP contribution in [0.25, 0.3) is 11.1 Å². The van der Waals surface area contributed by atoms with Gasteiger partial charge in [0.25, 0.3) is 0 Å². The van der Waals surface area contributed by atoms with Crippen molar-refractivity contribution in [3.63, 3.8) is 0 Å². The third-order valence-corrected chi connectivity index (χ3v) is 3.02. The van der Waals surface area contributed by atoms with Gasteiger partial charge in [-0.1, -0.05) is 42.0 Å². The van der Waals surface area contributed by atoms with E-state index in [1.165, 1.54) is 12.5 Å². The van der Waals surface area contributed by atoms with E-state index in [0.29, 0.717) is 5.69 Å². The molecule has 0 heterocycles. The molecule has 0 aliphatic rings. The lowest BCUT2D eigenvalue weighted by Gasteiger charge is -2.07. The summed E-state index contributed by atoms with van der Waals surface area (Å²) in [7, 11) is 0. The van der Waals surface area contributed by atoms with Crippen LogP contribution in [0.3, 0.4) is 0 Å². The quantitative estimate of drug-likeness (QED) is 0.906. The molecular formula is C17H18N2O2. The zero-order valence-electron chi connectivity index (χ0n) is 12.1. The number of hydrogen-bond acceptors (Lipinski definition) is 2. The molecule has 21 heavy (non-hydrogen) atoms. The van der Waals surface area contributed by atoms with Gasteiger partial charge in [-0.25, -0.2) is 0 Å². The predicted molar refractivity (Wildman–Crippen MR) is 83.9 cm³/mol. The Hall–Kier alpha value is -2.62. The first-order chi connectivity index (χ1) is 10.0. The van der Waals surface area contributed by atoms with Crippen molar-refractivity contribution in [2.24, 2.45) is 0 Å². The Labute approximate surface area is 124 Å². The molecule has 0 saturated carbocycles. The lowest BCUT2D eigenvalue weighted by molar-refractivity contribution is -0.122. The molecule has 2 N–H and O–H groups in total. The fourth-order valence-electron chi connectivity index (χ4n) is 1.98. The summed E-state index contributed by atoms with van der Waals surface area (Å²) in [5, 5.41) is 5.19. The van der Waals surface area contributed by atoms with E-state index in [-0.39, 0.29) is 18.4 Å². The van der Waals surface area contributed by atoms with E-state index >= 15 is 0 Å². The van der Waals surface area contributed by atoms with Gasteiger partial charge in [-0.15, -0.1) is 0 Å². The van der Waals surface area contributed by atoms with E-state index in [9.17, 15) is 9.59 Å². The molecule has 2 amide bonds. The number of carbonyl (C=O) groups excluding carboxylic acids is 2. The lowest BCUT2D eigenvalue weighted by atomic mass is 10.0. The first-order valence-electron chi connectivity index (χ1n) is 6.76. The summed E-state index contributed by atoms with van der Waals surface area (Å²) in [6.45, 7) is 3.42. The number of amides is 2. The molecule has 0 saturated heterocycles. The standard InChI is InChI=1S/C17H18N2O2/c1-12-4-3-5-15(10-12)14-6-8-16(9-7-14)19-17(21)11-18-13(2)20/h3-10H,11H2,1-2H3,(H,18,20)(H,19,21). The maximum Gasteiger partial charge on any atom is 0.243 e. The number of aryl methyl sites for hydroxylation is 1. The zero-order valence-corrected chi connectivity index (χ0v) is 12.1. The van der Waals surface area contributed by atoms with Gasteiger partial charge < -0.3 is 10.6 Å². The molecule has 108 valence electrons. The van der Waals surface area contributed by atoms with Crippen molar-refractivity contribution in [3.8, 4) is 11.1 Å². The highest BCUT2D eigenvalue weighted by molar-refractivity contribution is 5.94. The molecule has 2 aromatic rings. The molecule has 0 atom stereocenters. The molecule has 0 unspecified atom stereocenters. The molecule has 0 aliphatic heterocycles. The van der Waals surface area contributed by atoms with Crippen LogP contribution in [0.4, 0.5) is 5.69 Å². The van der Waals surface area contributed by atoms with E-state index in [4.69, 9.17) is 0 Å². The van der Waals surface area contributed by atoms with Gasteiger partial charge in [-0.05, 0) is 30.2 Å². The number of rotatable bonds is 4. The summed E-state index contributed by atoms with van der Waals surface area (Å²) >= 11 is 0. The Morgan fingerprint density at radius 1 is 1.00 bits per heavy atom. The number of nitrogens with one attached hydrogen (secondary N) is 2. The van der Waals surface area contributed by atoms with Crippen molar-refractivity contribution >= 4 is 17.5 Å². The summed E-state index contributed by atoms with van der Waals surface area (Å²) in [6, 6.07) is 15.9. The van der Waals surface area contributed by atoms with Crippen LogP contribution in [0.15, 0.2) is 48.5 Å². The molecule has 2 rings (SSSR count). The number of carbonyl (C=O) groups is 2. The molecule has 0 aliphatic carbocycles. The van der Waals surface area contributed by atoms with Gasteiger partial charge in [-0.3, -0.25) is 9.59 Å². The minimum Gasteiger partial charge on any atom is -0.347 e. The molecule has 0 aromatic heterocycles. The Kier molecular flexibility index (Phi) is 4.72. The molecule has 4 nitrogen and oxygen atoms in total. The Bertz CT molecular complexity index is 648. The number of anilines is 1. The molecule has 0 fully saturated rings. The largest absolute Gasteiger partial charge is 0.347 e. The van der Waals surface area contributed by atoms with Crippen LogP contribution in [0.2, 0.25) is 0 Å². The van der Waals surface area contributed by atoms with Crippen molar-refractivity contribution in [2.75, 3.05) is 11.9 Å². The van der Waals surface area contributed by atoms with Gasteiger partial charge in [0.2, 0.25) is 11.8 Å². The molecule has 2 aromatic carbocycles. The van der Waals surface area contributed by atoms with Gasteiger partial charge in [0.05, 0.1) is 6.54 Å². The van der Waals surface area contributed by atoms with Crippen LogP contribution in [0.1, 0.15) is 12.5 Å². The highest BCUT2D eigenvalue weighted by Crippen LogP contribution is 2.22. The maximum atomic E-state index is 11.6. The Morgan fingerprint density at radius 2 is 1.71 bits per heavy atom. The van der Waals surface area contributed by atoms with Crippen LogP contribution >= 0.6 is 0 Å². The lowest BCUT2D eigenvalue weighted by Crippen LogP contribution is -2.31. The van der Waals surface area contributed by atoms with E-state index < -0.39 is 0 Å². The van der Waals surface area contributed by atoms with Crippen LogP contribution in [0, 0.1) is 6.92 Å². The minimum atomic E-state index is -0.242. The first-order valence-corrected chi connectivity index (χ1v) is 6.76. The van der Waals surface area contributed by atoms with E-state index in [2.05, 4.69) is 35.8 Å². The maximum absolute atomic E-state index is 11.6. The molecule has 0 radical (unpaired) electrons. The van der Waals surface area contributed by atoms with Crippen LogP contribution in [-0.4, -0.2) is 18.4 Å². The highest BCUT2D eigenvalue weighted by atomic mass is 16.2. The van der Waals surface area contributed by atoms with E-state index in [0.717, 1.165) is 11.1 Å². The molecule has 0 bridgehead atoms.